The zero-order chi connectivity index (χ0) is 27.3. The second-order valence-electron chi connectivity index (χ2n) is 11.0. The maximum Gasteiger partial charge on any atom is 0.213 e. The number of nitrogens with zero attached hydrogens (tertiary/aromatic N) is 2. The van der Waals surface area contributed by atoms with Crippen LogP contribution in [0.25, 0.3) is 11.1 Å². The summed E-state index contributed by atoms with van der Waals surface area (Å²) in [6.07, 6.45) is 3.80. The quantitative estimate of drug-likeness (QED) is 0.470. The molecule has 1 aromatic heterocycles. The van der Waals surface area contributed by atoms with Crippen molar-refractivity contribution in [3.8, 4) is 22.8 Å². The van der Waals surface area contributed by atoms with E-state index in [1.54, 1.807) is 18.2 Å². The van der Waals surface area contributed by atoms with Gasteiger partial charge in [-0.1, -0.05) is 37.3 Å². The lowest BCUT2D eigenvalue weighted by atomic mass is 9.91. The number of carboxylic acid groups (broad SMARTS) is 1. The number of hydrogen-bond donors (Lipinski definition) is 1. The van der Waals surface area contributed by atoms with Gasteiger partial charge in [-0.2, -0.15) is 0 Å². The molecule has 7 nitrogen and oxygen atoms in total. The molecule has 2 aromatic carbocycles. The number of piperidine rings is 1. The van der Waals surface area contributed by atoms with Gasteiger partial charge in [0.05, 0.1) is 19.4 Å². The highest BCUT2D eigenvalue weighted by Crippen LogP contribution is 2.46. The topological polar surface area (TPSA) is 95.0 Å². The van der Waals surface area contributed by atoms with Crippen molar-refractivity contribution < 1.29 is 28.9 Å². The van der Waals surface area contributed by atoms with Crippen LogP contribution in [0.2, 0.25) is 0 Å². The second kappa shape index (κ2) is 10.2. The average molecular weight is 532 g/mol. The molecular weight excluding hydrogens is 499 g/mol. The Bertz CT molecular complexity index is 1410. The lowest BCUT2D eigenvalue weighted by molar-refractivity contribution is -0.313. The monoisotopic (exact) mass is 531 g/mol. The molecule has 1 aliphatic carbocycles. The first-order valence-electron chi connectivity index (χ1n) is 13.6. The lowest BCUT2D eigenvalue weighted by Gasteiger charge is -2.29. The smallest absolute Gasteiger partial charge is 0.213 e. The number of ether oxygens (including phenoxy) is 2. The molecule has 0 spiro atoms. The molecule has 1 N–H and O–H groups in total. The van der Waals surface area contributed by atoms with Crippen molar-refractivity contribution in [2.45, 2.75) is 57.4 Å². The van der Waals surface area contributed by atoms with Crippen molar-refractivity contribution in [3.05, 3.63) is 76.7 Å². The molecule has 1 saturated heterocycles. The summed E-state index contributed by atoms with van der Waals surface area (Å²) in [5, 5.41) is 21.8. The van der Waals surface area contributed by atoms with Gasteiger partial charge >= 0.3 is 0 Å². The van der Waals surface area contributed by atoms with Crippen molar-refractivity contribution in [2.75, 3.05) is 13.7 Å². The molecule has 204 valence electrons. The fraction of sp³-hybridized carbons (Fsp3) is 0.419. The fourth-order valence-corrected chi connectivity index (χ4v) is 6.07. The molecule has 3 heterocycles. The van der Waals surface area contributed by atoms with Crippen LogP contribution in [0, 0.1) is 17.7 Å². The van der Waals surface area contributed by atoms with Gasteiger partial charge in [-0.15, -0.1) is 0 Å². The van der Waals surface area contributed by atoms with Crippen molar-refractivity contribution in [1.29, 1.82) is 0 Å². The first-order chi connectivity index (χ1) is 18.8. The number of hydrogen-bond acceptors (Lipinski definition) is 7. The number of methoxy groups -OCH3 is 1. The molecule has 0 bridgehead atoms. The van der Waals surface area contributed by atoms with Crippen LogP contribution in [0.5, 0.6) is 11.6 Å². The molecular formula is C31H32FN2O5-. The summed E-state index contributed by atoms with van der Waals surface area (Å²) in [4.78, 5) is 17.8. The van der Waals surface area contributed by atoms with E-state index in [2.05, 4.69) is 16.0 Å². The van der Waals surface area contributed by atoms with E-state index in [0.29, 0.717) is 28.8 Å². The number of carbonyl (C=O) groups excluding carboxylic acids is 1. The number of likely N-dealkylation sites (tertiary alicyclic amines) is 1. The summed E-state index contributed by atoms with van der Waals surface area (Å²) in [6.45, 7) is 3.21. The third kappa shape index (κ3) is 4.99. The van der Waals surface area contributed by atoms with Gasteiger partial charge in [0.25, 0.3) is 0 Å². The van der Waals surface area contributed by atoms with Crippen LogP contribution in [0.1, 0.15) is 60.6 Å². The Morgan fingerprint density at radius 2 is 2.08 bits per heavy atom. The lowest BCUT2D eigenvalue weighted by Crippen LogP contribution is -2.33. The first-order valence-corrected chi connectivity index (χ1v) is 13.6. The Morgan fingerprint density at radius 1 is 1.23 bits per heavy atom. The predicted octanol–water partition coefficient (Wildman–Crippen LogP) is 3.98. The molecule has 2 aliphatic heterocycles. The average Bonchev–Trinajstić information content (AvgIpc) is 3.64. The van der Waals surface area contributed by atoms with Crippen molar-refractivity contribution >= 4 is 5.97 Å². The van der Waals surface area contributed by atoms with E-state index in [0.717, 1.165) is 54.1 Å². The molecule has 2 fully saturated rings. The van der Waals surface area contributed by atoms with E-state index in [4.69, 9.17) is 9.47 Å². The number of aliphatic hydroxyl groups is 1. The number of aromatic nitrogens is 1. The van der Waals surface area contributed by atoms with Gasteiger partial charge in [-0.05, 0) is 72.0 Å². The van der Waals surface area contributed by atoms with Crippen molar-refractivity contribution in [3.63, 3.8) is 0 Å². The Labute approximate surface area is 227 Å². The molecule has 0 amide bonds. The van der Waals surface area contributed by atoms with Crippen LogP contribution in [0.4, 0.5) is 4.39 Å². The summed E-state index contributed by atoms with van der Waals surface area (Å²) >= 11 is 0. The molecule has 3 aromatic rings. The number of carbonyl (C=O) groups is 1. The van der Waals surface area contributed by atoms with E-state index in [-0.39, 0.29) is 6.10 Å². The molecule has 3 unspecified atom stereocenters. The van der Waals surface area contributed by atoms with Crippen LogP contribution in [0.3, 0.4) is 0 Å². The zero-order valence-electron chi connectivity index (χ0n) is 22.1. The first kappa shape index (κ1) is 25.8. The number of aliphatic hydroxyl groups excluding tert-OH is 1. The Kier molecular flexibility index (Phi) is 6.77. The number of pyridine rings is 1. The summed E-state index contributed by atoms with van der Waals surface area (Å²) < 4.78 is 26.7. The van der Waals surface area contributed by atoms with Gasteiger partial charge < -0.3 is 24.5 Å². The Morgan fingerprint density at radius 3 is 2.79 bits per heavy atom. The molecule has 3 aliphatic rings. The third-order valence-electron chi connectivity index (χ3n) is 8.57. The molecule has 5 atom stereocenters. The van der Waals surface area contributed by atoms with Gasteiger partial charge in [0.1, 0.15) is 17.7 Å². The normalized spacial score (nSPS) is 23.3. The van der Waals surface area contributed by atoms with Crippen molar-refractivity contribution in [1.82, 2.24) is 9.88 Å². The summed E-state index contributed by atoms with van der Waals surface area (Å²) in [5.41, 5.74) is 4.82. The molecule has 0 radical (unpaired) electrons. The number of fused-ring (bicyclic) bond motifs is 2. The minimum absolute atomic E-state index is 0.222. The largest absolute Gasteiger partial charge is 0.550 e. The minimum atomic E-state index is -1.30. The van der Waals surface area contributed by atoms with E-state index < -0.39 is 23.8 Å². The summed E-state index contributed by atoms with van der Waals surface area (Å²) in [5.74, 6) is -0.939. The predicted molar refractivity (Wildman–Crippen MR) is 140 cm³/mol. The zero-order valence-corrected chi connectivity index (χ0v) is 22.1. The fourth-order valence-electron chi connectivity index (χ4n) is 6.07. The van der Waals surface area contributed by atoms with Gasteiger partial charge in [0.2, 0.25) is 5.88 Å². The van der Waals surface area contributed by atoms with Crippen LogP contribution in [-0.2, 0) is 17.8 Å². The van der Waals surface area contributed by atoms with Gasteiger partial charge in [-0.3, -0.25) is 4.90 Å². The van der Waals surface area contributed by atoms with Crippen LogP contribution >= 0.6 is 0 Å². The SMILES string of the molecule is COc1cc(-c2ccc(C3CCc4ccc([C@H](O)[C@H](C)C(=O)[O-])cc4O3)cc2CN2CCC3CC32)c(F)cn1. The minimum Gasteiger partial charge on any atom is -0.550 e. The highest BCUT2D eigenvalue weighted by Gasteiger charge is 2.46. The highest BCUT2D eigenvalue weighted by atomic mass is 19.1. The maximum atomic E-state index is 15.0. The third-order valence-corrected chi connectivity index (χ3v) is 8.57. The Balaban J connectivity index is 1.32. The number of aryl methyl sites for hydroxylation is 1. The highest BCUT2D eigenvalue weighted by molar-refractivity contribution is 5.70. The number of rotatable bonds is 8. The number of carboxylic acids is 1. The second-order valence-corrected chi connectivity index (χ2v) is 11.0. The summed E-state index contributed by atoms with van der Waals surface area (Å²) in [6, 6.07) is 13.7. The number of halogens is 1. The molecule has 8 heteroatoms. The van der Waals surface area contributed by atoms with Crippen LogP contribution in [-0.4, -0.2) is 40.7 Å². The van der Waals surface area contributed by atoms with E-state index in [1.165, 1.54) is 33.1 Å². The van der Waals surface area contributed by atoms with E-state index >= 15 is 0 Å². The summed E-state index contributed by atoms with van der Waals surface area (Å²) in [7, 11) is 1.52. The standard InChI is InChI=1S/C31H33FN2O5/c1-17(31(36)37)30(35)21-4-3-18-6-8-27(39-28(18)13-21)20-5-7-23(24-14-29(38-2)33-15-25(24)32)22(11-20)16-34-10-9-19-12-26(19)34/h3-5,7,11,13-15,17,19,26-27,30,35H,6,8-10,12,16H2,1-2H3,(H,36,37)/p-1/t17-,19?,26?,27?,30+/m0/s1. The maximum absolute atomic E-state index is 15.0. The van der Waals surface area contributed by atoms with Crippen LogP contribution in [0.15, 0.2) is 48.7 Å². The van der Waals surface area contributed by atoms with Gasteiger partial charge in [0, 0.05) is 36.1 Å². The molecule has 39 heavy (non-hydrogen) atoms. The van der Waals surface area contributed by atoms with Gasteiger partial charge in [-0.25, -0.2) is 9.37 Å². The van der Waals surface area contributed by atoms with Crippen molar-refractivity contribution in [2.24, 2.45) is 11.8 Å². The molecule has 6 rings (SSSR count). The van der Waals surface area contributed by atoms with Crippen LogP contribution < -0.4 is 14.6 Å². The van der Waals surface area contributed by atoms with E-state index in [9.17, 15) is 19.4 Å². The number of benzene rings is 2. The molecule has 1 saturated carbocycles. The van der Waals surface area contributed by atoms with Gasteiger partial charge in [0.15, 0.2) is 0 Å². The Hall–Kier alpha value is -3.49. The van der Waals surface area contributed by atoms with E-state index in [1.807, 2.05) is 18.2 Å². The number of aliphatic carboxylic acids is 1.